The van der Waals surface area contributed by atoms with Crippen molar-refractivity contribution in [2.75, 3.05) is 13.1 Å². The van der Waals surface area contributed by atoms with E-state index in [9.17, 15) is 0 Å². The highest BCUT2D eigenvalue weighted by molar-refractivity contribution is 9.10. The Morgan fingerprint density at radius 3 is 2.78 bits per heavy atom. The van der Waals surface area contributed by atoms with Crippen LogP contribution < -0.4 is 5.73 Å². The van der Waals surface area contributed by atoms with E-state index in [1.165, 1.54) is 6.42 Å². The van der Waals surface area contributed by atoms with Crippen LogP contribution >= 0.6 is 27.5 Å². The fourth-order valence-corrected chi connectivity index (χ4v) is 3.60. The largest absolute Gasteiger partial charge is 0.329 e. The van der Waals surface area contributed by atoms with Crippen molar-refractivity contribution in [3.05, 3.63) is 33.3 Å². The molecule has 1 saturated heterocycles. The molecule has 0 aromatic heterocycles. The molecule has 3 atom stereocenters. The molecule has 2 rings (SSSR count). The second-order valence-electron chi connectivity index (χ2n) is 5.30. The highest BCUT2D eigenvalue weighted by atomic mass is 79.9. The van der Waals surface area contributed by atoms with Gasteiger partial charge in [-0.1, -0.05) is 34.5 Å². The summed E-state index contributed by atoms with van der Waals surface area (Å²) < 4.78 is 1.06. The first kappa shape index (κ1) is 14.3. The summed E-state index contributed by atoms with van der Waals surface area (Å²) in [7, 11) is 0. The first-order chi connectivity index (χ1) is 8.52. The molecule has 0 aliphatic carbocycles. The number of likely N-dealkylation sites (tertiary alicyclic amines) is 1. The van der Waals surface area contributed by atoms with Gasteiger partial charge in [-0.25, -0.2) is 0 Å². The number of hydrogen-bond acceptors (Lipinski definition) is 2. The van der Waals surface area contributed by atoms with Crippen LogP contribution in [0.1, 0.15) is 31.9 Å². The molecule has 18 heavy (non-hydrogen) atoms. The summed E-state index contributed by atoms with van der Waals surface area (Å²) in [5, 5.41) is 0.806. The van der Waals surface area contributed by atoms with E-state index >= 15 is 0 Å². The van der Waals surface area contributed by atoms with Crippen LogP contribution in [-0.4, -0.2) is 24.0 Å². The maximum Gasteiger partial charge on any atom is 0.0488 e. The SMILES string of the molecule is CC1CC(C)N(C(CN)c2cc(Br)ccc2Cl)C1. The van der Waals surface area contributed by atoms with Crippen LogP contribution in [0.5, 0.6) is 0 Å². The molecular formula is C14H20BrClN2. The van der Waals surface area contributed by atoms with Crippen LogP contribution in [0.2, 0.25) is 5.02 Å². The van der Waals surface area contributed by atoms with Gasteiger partial charge in [-0.2, -0.15) is 0 Å². The molecule has 1 aliphatic heterocycles. The van der Waals surface area contributed by atoms with E-state index in [0.29, 0.717) is 12.6 Å². The van der Waals surface area contributed by atoms with Gasteiger partial charge in [0.15, 0.2) is 0 Å². The zero-order valence-electron chi connectivity index (χ0n) is 10.9. The highest BCUT2D eigenvalue weighted by Crippen LogP contribution is 2.35. The van der Waals surface area contributed by atoms with Crippen molar-refractivity contribution in [2.45, 2.75) is 32.4 Å². The van der Waals surface area contributed by atoms with Gasteiger partial charge in [0.25, 0.3) is 0 Å². The minimum atomic E-state index is 0.218. The van der Waals surface area contributed by atoms with E-state index in [4.69, 9.17) is 17.3 Å². The third-order valence-electron chi connectivity index (χ3n) is 3.77. The molecule has 2 nitrogen and oxygen atoms in total. The van der Waals surface area contributed by atoms with Gasteiger partial charge < -0.3 is 5.73 Å². The molecule has 1 aromatic rings. The van der Waals surface area contributed by atoms with Crippen molar-refractivity contribution in [2.24, 2.45) is 11.7 Å². The van der Waals surface area contributed by atoms with Gasteiger partial charge in [-0.3, -0.25) is 4.90 Å². The Morgan fingerprint density at radius 2 is 2.22 bits per heavy atom. The van der Waals surface area contributed by atoms with Gasteiger partial charge in [-0.15, -0.1) is 0 Å². The predicted molar refractivity (Wildman–Crippen MR) is 80.9 cm³/mol. The Bertz CT molecular complexity index is 424. The van der Waals surface area contributed by atoms with Crippen LogP contribution in [0.25, 0.3) is 0 Å². The Kier molecular flexibility index (Phi) is 4.70. The van der Waals surface area contributed by atoms with Gasteiger partial charge in [0.2, 0.25) is 0 Å². The average Bonchev–Trinajstić information content (AvgIpc) is 2.64. The van der Waals surface area contributed by atoms with Gasteiger partial charge >= 0.3 is 0 Å². The summed E-state index contributed by atoms with van der Waals surface area (Å²) in [5.74, 6) is 0.736. The van der Waals surface area contributed by atoms with E-state index in [2.05, 4.69) is 40.7 Å². The van der Waals surface area contributed by atoms with Crippen molar-refractivity contribution in [3.8, 4) is 0 Å². The van der Waals surface area contributed by atoms with Crippen molar-refractivity contribution in [1.29, 1.82) is 0 Å². The Balaban J connectivity index is 2.30. The van der Waals surface area contributed by atoms with E-state index in [1.54, 1.807) is 0 Å². The fraction of sp³-hybridized carbons (Fsp3) is 0.571. The number of nitrogens with two attached hydrogens (primary N) is 1. The molecule has 1 aliphatic rings. The van der Waals surface area contributed by atoms with E-state index < -0.39 is 0 Å². The maximum absolute atomic E-state index is 6.33. The normalized spacial score (nSPS) is 26.5. The van der Waals surface area contributed by atoms with Gasteiger partial charge in [0.05, 0.1) is 0 Å². The van der Waals surface area contributed by atoms with Crippen molar-refractivity contribution in [3.63, 3.8) is 0 Å². The quantitative estimate of drug-likeness (QED) is 0.912. The van der Waals surface area contributed by atoms with Crippen LogP contribution in [0.3, 0.4) is 0 Å². The molecule has 4 heteroatoms. The van der Waals surface area contributed by atoms with E-state index in [1.807, 2.05) is 12.1 Å². The first-order valence-electron chi connectivity index (χ1n) is 6.43. The monoisotopic (exact) mass is 330 g/mol. The number of benzene rings is 1. The first-order valence-corrected chi connectivity index (χ1v) is 7.60. The minimum Gasteiger partial charge on any atom is -0.329 e. The van der Waals surface area contributed by atoms with Crippen molar-refractivity contribution >= 4 is 27.5 Å². The topological polar surface area (TPSA) is 29.3 Å². The maximum atomic E-state index is 6.33. The molecule has 1 heterocycles. The Hall–Kier alpha value is -0.0900. The summed E-state index contributed by atoms with van der Waals surface area (Å²) in [6.45, 7) is 6.28. The summed E-state index contributed by atoms with van der Waals surface area (Å²) >= 11 is 9.84. The zero-order valence-corrected chi connectivity index (χ0v) is 13.2. The third kappa shape index (κ3) is 2.90. The molecule has 0 radical (unpaired) electrons. The number of halogens is 2. The fourth-order valence-electron chi connectivity index (χ4n) is 2.98. The summed E-state index contributed by atoms with van der Waals surface area (Å²) in [6.07, 6.45) is 1.24. The number of nitrogens with zero attached hydrogens (tertiary/aromatic N) is 1. The molecule has 2 N–H and O–H groups in total. The lowest BCUT2D eigenvalue weighted by Gasteiger charge is -2.31. The van der Waals surface area contributed by atoms with Crippen molar-refractivity contribution in [1.82, 2.24) is 4.90 Å². The lowest BCUT2D eigenvalue weighted by atomic mass is 10.0. The van der Waals surface area contributed by atoms with Crippen LogP contribution in [0, 0.1) is 5.92 Å². The van der Waals surface area contributed by atoms with Gasteiger partial charge in [0.1, 0.15) is 0 Å². The average molecular weight is 332 g/mol. The van der Waals surface area contributed by atoms with Crippen LogP contribution in [-0.2, 0) is 0 Å². The van der Waals surface area contributed by atoms with Crippen LogP contribution in [0.15, 0.2) is 22.7 Å². The smallest absolute Gasteiger partial charge is 0.0488 e. The second kappa shape index (κ2) is 5.91. The molecule has 1 fully saturated rings. The highest BCUT2D eigenvalue weighted by Gasteiger charge is 2.32. The molecule has 0 spiro atoms. The summed E-state index contributed by atoms with van der Waals surface area (Å²) in [6, 6.07) is 6.79. The summed E-state index contributed by atoms with van der Waals surface area (Å²) in [5.41, 5.74) is 7.13. The number of rotatable bonds is 3. The standard InChI is InChI=1S/C14H20BrClN2/c1-9-5-10(2)18(8-9)14(7-17)12-6-11(15)3-4-13(12)16/h3-4,6,9-10,14H,5,7-8,17H2,1-2H3. The lowest BCUT2D eigenvalue weighted by molar-refractivity contribution is 0.192. The molecule has 3 unspecified atom stereocenters. The second-order valence-corrected chi connectivity index (χ2v) is 6.63. The molecular weight excluding hydrogens is 312 g/mol. The molecule has 0 amide bonds. The summed E-state index contributed by atoms with van der Waals surface area (Å²) in [4.78, 5) is 2.48. The third-order valence-corrected chi connectivity index (χ3v) is 4.61. The lowest BCUT2D eigenvalue weighted by Crippen LogP contribution is -2.36. The predicted octanol–water partition coefficient (Wildman–Crippen LogP) is 3.83. The minimum absolute atomic E-state index is 0.218. The molecule has 100 valence electrons. The van der Waals surface area contributed by atoms with Gasteiger partial charge in [0, 0.05) is 34.7 Å². The molecule has 1 aromatic carbocycles. The van der Waals surface area contributed by atoms with Crippen LogP contribution in [0.4, 0.5) is 0 Å². The molecule has 0 saturated carbocycles. The van der Waals surface area contributed by atoms with E-state index in [0.717, 1.165) is 27.5 Å². The van der Waals surface area contributed by atoms with Crippen molar-refractivity contribution < 1.29 is 0 Å². The zero-order chi connectivity index (χ0) is 13.3. The van der Waals surface area contributed by atoms with Gasteiger partial charge in [-0.05, 0) is 43.0 Å². The molecule has 0 bridgehead atoms. The Morgan fingerprint density at radius 1 is 1.50 bits per heavy atom. The number of hydrogen-bond donors (Lipinski definition) is 1. The Labute approximate surface area is 123 Å². The van der Waals surface area contributed by atoms with E-state index in [-0.39, 0.29) is 6.04 Å².